The Labute approximate surface area is 144 Å². The third kappa shape index (κ3) is 3.06. The number of hydrogen-bond donors (Lipinski definition) is 0. The molecule has 25 heavy (non-hydrogen) atoms. The van der Waals surface area contributed by atoms with Crippen LogP contribution in [0, 0.1) is 0 Å². The van der Waals surface area contributed by atoms with Crippen LogP contribution in [0.2, 0.25) is 0 Å². The monoisotopic (exact) mass is 338 g/mol. The first-order valence-corrected chi connectivity index (χ1v) is 7.73. The fourth-order valence-electron chi connectivity index (χ4n) is 2.59. The van der Waals surface area contributed by atoms with E-state index in [0.717, 1.165) is 10.9 Å². The van der Waals surface area contributed by atoms with E-state index in [4.69, 9.17) is 9.47 Å². The van der Waals surface area contributed by atoms with Crippen LogP contribution < -0.4 is 4.74 Å². The highest BCUT2D eigenvalue weighted by Gasteiger charge is 2.20. The van der Waals surface area contributed by atoms with Crippen molar-refractivity contribution in [2.45, 2.75) is 0 Å². The summed E-state index contributed by atoms with van der Waals surface area (Å²) < 4.78 is 12.3. The fraction of sp³-hybridized carbons (Fsp3) is 0.158. The van der Waals surface area contributed by atoms with Crippen LogP contribution in [-0.2, 0) is 4.74 Å². The maximum Gasteiger partial charge on any atom is 0.414 e. The van der Waals surface area contributed by atoms with Crippen molar-refractivity contribution in [3.05, 3.63) is 60.8 Å². The van der Waals surface area contributed by atoms with Gasteiger partial charge in [-0.15, -0.1) is 0 Å². The van der Waals surface area contributed by atoms with Crippen LogP contribution in [0.1, 0.15) is 10.4 Å². The predicted molar refractivity (Wildman–Crippen MR) is 95.1 cm³/mol. The summed E-state index contributed by atoms with van der Waals surface area (Å²) in [7, 11) is 3.22. The smallest absolute Gasteiger partial charge is 0.414 e. The molecule has 0 saturated heterocycles. The molecular formula is C19H18N2O4. The Morgan fingerprint density at radius 2 is 1.92 bits per heavy atom. The van der Waals surface area contributed by atoms with Gasteiger partial charge in [-0.1, -0.05) is 30.9 Å². The highest BCUT2D eigenvalue weighted by Crippen LogP contribution is 2.29. The molecule has 0 bridgehead atoms. The normalized spacial score (nSPS) is 10.6. The molecule has 0 aliphatic heterocycles. The van der Waals surface area contributed by atoms with Crippen LogP contribution in [0.4, 0.5) is 4.79 Å². The molecule has 1 aromatic carbocycles. The van der Waals surface area contributed by atoms with E-state index in [-0.39, 0.29) is 6.61 Å². The average molecular weight is 338 g/mol. The molecule has 0 aliphatic carbocycles. The molecular weight excluding hydrogens is 320 g/mol. The van der Waals surface area contributed by atoms with Crippen molar-refractivity contribution >= 4 is 28.5 Å². The van der Waals surface area contributed by atoms with E-state index in [0.29, 0.717) is 16.8 Å². The number of carbonyl (C=O) groups excluding carboxylic acids is 2. The number of hydrogen-bond acceptors (Lipinski definition) is 4. The van der Waals surface area contributed by atoms with E-state index in [1.54, 1.807) is 32.4 Å². The van der Waals surface area contributed by atoms with Crippen molar-refractivity contribution in [3.8, 4) is 5.75 Å². The second-order valence-electron chi connectivity index (χ2n) is 5.66. The second-order valence-corrected chi connectivity index (χ2v) is 5.66. The molecule has 0 radical (unpaired) electrons. The van der Waals surface area contributed by atoms with Crippen molar-refractivity contribution in [3.63, 3.8) is 0 Å². The first kappa shape index (κ1) is 16.6. The van der Waals surface area contributed by atoms with Gasteiger partial charge in [0.25, 0.3) is 0 Å². The number of para-hydroxylation sites is 1. The van der Waals surface area contributed by atoms with Crippen LogP contribution >= 0.6 is 0 Å². The molecule has 6 nitrogen and oxygen atoms in total. The summed E-state index contributed by atoms with van der Waals surface area (Å²) in [4.78, 5) is 25.6. The quantitative estimate of drug-likeness (QED) is 0.540. The molecule has 3 rings (SSSR count). The lowest BCUT2D eigenvalue weighted by atomic mass is 10.1. The molecule has 0 aliphatic rings. The summed E-state index contributed by atoms with van der Waals surface area (Å²) in [5, 5.41) is 0.771. The van der Waals surface area contributed by atoms with E-state index in [9.17, 15) is 9.59 Å². The lowest BCUT2D eigenvalue weighted by Crippen LogP contribution is -2.25. The highest BCUT2D eigenvalue weighted by atomic mass is 16.6. The Hall–Kier alpha value is -3.28. The minimum atomic E-state index is -0.471. The summed E-state index contributed by atoms with van der Waals surface area (Å²) in [6.45, 7) is 3.70. The van der Waals surface area contributed by atoms with E-state index >= 15 is 0 Å². The standard InChI is InChI=1S/C19H18N2O4/c1-4-11-24-18(22)17-14-7-5-6-8-15(14)21-12-13(9-10-16(17)21)25-19(23)20(2)3/h4-10,12H,1,11H2,2-3H3. The number of benzene rings is 1. The van der Waals surface area contributed by atoms with Gasteiger partial charge in [0.1, 0.15) is 12.4 Å². The number of aromatic nitrogens is 1. The number of rotatable bonds is 4. The maximum absolute atomic E-state index is 12.5. The van der Waals surface area contributed by atoms with Crippen molar-refractivity contribution < 1.29 is 19.1 Å². The molecule has 2 heterocycles. The van der Waals surface area contributed by atoms with Crippen molar-refractivity contribution in [1.29, 1.82) is 0 Å². The first-order chi connectivity index (χ1) is 12.0. The summed E-state index contributed by atoms with van der Waals surface area (Å²) in [5.74, 6) is -0.0328. The van der Waals surface area contributed by atoms with Gasteiger partial charge in [-0.05, 0) is 18.2 Å². The Balaban J connectivity index is 2.14. The molecule has 0 fully saturated rings. The van der Waals surface area contributed by atoms with E-state index in [1.807, 2.05) is 28.7 Å². The molecule has 0 spiro atoms. The number of pyridine rings is 1. The van der Waals surface area contributed by atoms with Gasteiger partial charge < -0.3 is 18.8 Å². The van der Waals surface area contributed by atoms with Gasteiger partial charge in [0.2, 0.25) is 0 Å². The van der Waals surface area contributed by atoms with Gasteiger partial charge >= 0.3 is 12.1 Å². The summed E-state index contributed by atoms with van der Waals surface area (Å²) in [5.41, 5.74) is 1.98. The fourth-order valence-corrected chi connectivity index (χ4v) is 2.59. The zero-order chi connectivity index (χ0) is 18.0. The second kappa shape index (κ2) is 6.68. The molecule has 128 valence electrons. The van der Waals surface area contributed by atoms with Crippen LogP contribution in [0.25, 0.3) is 16.4 Å². The topological polar surface area (TPSA) is 60.2 Å². The highest BCUT2D eigenvalue weighted by molar-refractivity contribution is 6.11. The lowest BCUT2D eigenvalue weighted by Gasteiger charge is -2.11. The molecule has 1 amide bonds. The largest absolute Gasteiger partial charge is 0.458 e. The first-order valence-electron chi connectivity index (χ1n) is 7.73. The van der Waals surface area contributed by atoms with Crippen LogP contribution in [0.5, 0.6) is 5.75 Å². The van der Waals surface area contributed by atoms with Crippen molar-refractivity contribution in [2.24, 2.45) is 0 Å². The zero-order valence-electron chi connectivity index (χ0n) is 14.1. The summed E-state index contributed by atoms with van der Waals surface area (Å²) in [6, 6.07) is 10.9. The average Bonchev–Trinajstić information content (AvgIpc) is 2.93. The molecule has 2 aromatic heterocycles. The maximum atomic E-state index is 12.5. The van der Waals surface area contributed by atoms with Gasteiger partial charge in [-0.3, -0.25) is 0 Å². The number of carbonyl (C=O) groups is 2. The Kier molecular flexibility index (Phi) is 4.43. The molecule has 3 aromatic rings. The third-order valence-corrected chi connectivity index (χ3v) is 3.72. The van der Waals surface area contributed by atoms with E-state index < -0.39 is 12.1 Å². The van der Waals surface area contributed by atoms with Crippen LogP contribution in [0.15, 0.2) is 55.3 Å². The molecule has 0 atom stereocenters. The Bertz CT molecular complexity index is 972. The van der Waals surface area contributed by atoms with Gasteiger partial charge in [-0.25, -0.2) is 9.59 Å². The van der Waals surface area contributed by atoms with Gasteiger partial charge in [0, 0.05) is 19.5 Å². The van der Waals surface area contributed by atoms with Crippen LogP contribution in [0.3, 0.4) is 0 Å². The molecule has 6 heteroatoms. The molecule has 0 saturated carbocycles. The summed E-state index contributed by atoms with van der Waals surface area (Å²) in [6.07, 6.45) is 2.74. The van der Waals surface area contributed by atoms with Gasteiger partial charge in [0.15, 0.2) is 0 Å². The number of fused-ring (bicyclic) bond motifs is 3. The van der Waals surface area contributed by atoms with Crippen molar-refractivity contribution in [1.82, 2.24) is 9.30 Å². The third-order valence-electron chi connectivity index (χ3n) is 3.72. The predicted octanol–water partition coefficient (Wildman–Crippen LogP) is 3.50. The van der Waals surface area contributed by atoms with E-state index in [2.05, 4.69) is 6.58 Å². The number of amides is 1. The number of ether oxygens (including phenoxy) is 2. The SMILES string of the molecule is C=CCOC(=O)c1c2ccccc2n2cc(OC(=O)N(C)C)ccc12. The Morgan fingerprint density at radius 3 is 2.64 bits per heavy atom. The van der Waals surface area contributed by atoms with Crippen LogP contribution in [-0.4, -0.2) is 42.1 Å². The zero-order valence-corrected chi connectivity index (χ0v) is 14.1. The minimum Gasteiger partial charge on any atom is -0.458 e. The lowest BCUT2D eigenvalue weighted by molar-refractivity contribution is 0.0554. The number of nitrogens with zero attached hydrogens (tertiary/aromatic N) is 2. The molecule has 0 N–H and O–H groups in total. The molecule has 0 unspecified atom stereocenters. The number of esters is 1. The minimum absolute atomic E-state index is 0.142. The Morgan fingerprint density at radius 1 is 1.16 bits per heavy atom. The van der Waals surface area contributed by atoms with Gasteiger partial charge in [0.05, 0.1) is 22.8 Å². The summed E-state index contributed by atoms with van der Waals surface area (Å²) >= 11 is 0. The van der Waals surface area contributed by atoms with Gasteiger partial charge in [-0.2, -0.15) is 0 Å². The van der Waals surface area contributed by atoms with Crippen molar-refractivity contribution in [2.75, 3.05) is 20.7 Å². The van der Waals surface area contributed by atoms with E-state index in [1.165, 1.54) is 11.0 Å².